The lowest BCUT2D eigenvalue weighted by Gasteiger charge is -2.13. The average Bonchev–Trinajstić information content (AvgIpc) is 3.54. The van der Waals surface area contributed by atoms with Crippen molar-refractivity contribution < 1.29 is 14.3 Å². The first-order valence-electron chi connectivity index (χ1n) is 11.4. The zero-order valence-electron chi connectivity index (χ0n) is 19.2. The van der Waals surface area contributed by atoms with Crippen molar-refractivity contribution in [2.45, 2.75) is 23.9 Å². The first-order chi connectivity index (χ1) is 17.6. The molecule has 1 unspecified atom stereocenters. The Balaban J connectivity index is 1.34. The van der Waals surface area contributed by atoms with Gasteiger partial charge in [-0.3, -0.25) is 18.6 Å². The number of nitrogens with zero attached hydrogens (tertiary/aromatic N) is 4. The summed E-state index contributed by atoms with van der Waals surface area (Å²) in [6.07, 6.45) is 0. The highest BCUT2D eigenvalue weighted by Gasteiger charge is 2.22. The van der Waals surface area contributed by atoms with Crippen LogP contribution in [0.3, 0.4) is 0 Å². The Morgan fingerprint density at radius 1 is 1.03 bits per heavy atom. The van der Waals surface area contributed by atoms with Gasteiger partial charge in [-0.05, 0) is 36.8 Å². The lowest BCUT2D eigenvalue weighted by atomic mass is 10.2. The maximum atomic E-state index is 13.4. The van der Waals surface area contributed by atoms with Gasteiger partial charge < -0.3 is 14.8 Å². The molecule has 0 saturated carbocycles. The molecule has 1 atom stereocenters. The monoisotopic (exact) mass is 499 g/mol. The maximum absolute atomic E-state index is 13.4. The standard InChI is InChI=1S/C26H21N5O4S/c1-16(23(32)27-18-11-12-21-22(13-18)35-15-34-21)36-26-29-28-25-30(14-17-7-3-2-4-8-17)24(33)19-9-5-6-10-20(19)31(25)26/h2-13,16H,14-15H2,1H3,(H,27,32). The lowest BCUT2D eigenvalue weighted by Crippen LogP contribution is -2.24. The van der Waals surface area contributed by atoms with Crippen molar-refractivity contribution in [1.82, 2.24) is 19.2 Å². The summed E-state index contributed by atoms with van der Waals surface area (Å²) < 4.78 is 14.2. The third-order valence-electron chi connectivity index (χ3n) is 5.95. The highest BCUT2D eigenvalue weighted by molar-refractivity contribution is 8.00. The number of fused-ring (bicyclic) bond motifs is 4. The normalized spacial score (nSPS) is 13.2. The molecule has 6 rings (SSSR count). The minimum absolute atomic E-state index is 0.139. The third kappa shape index (κ3) is 3.95. The molecule has 180 valence electrons. The summed E-state index contributed by atoms with van der Waals surface area (Å²) in [4.78, 5) is 26.3. The smallest absolute Gasteiger partial charge is 0.263 e. The average molecular weight is 500 g/mol. The molecule has 1 amide bonds. The number of ether oxygens (including phenoxy) is 2. The molecule has 3 heterocycles. The number of thioether (sulfide) groups is 1. The second kappa shape index (κ2) is 9.04. The van der Waals surface area contributed by atoms with E-state index in [2.05, 4.69) is 15.5 Å². The van der Waals surface area contributed by atoms with Crippen molar-refractivity contribution >= 4 is 40.0 Å². The van der Waals surface area contributed by atoms with Crippen LogP contribution in [0.1, 0.15) is 12.5 Å². The molecule has 0 bridgehead atoms. The number of hydrogen-bond acceptors (Lipinski definition) is 7. The van der Waals surface area contributed by atoms with Crippen molar-refractivity contribution in [2.24, 2.45) is 0 Å². The van der Waals surface area contributed by atoms with Crippen LogP contribution in [-0.4, -0.2) is 37.1 Å². The number of hydrogen-bond donors (Lipinski definition) is 1. The number of nitrogens with one attached hydrogen (secondary N) is 1. The van der Waals surface area contributed by atoms with E-state index in [1.165, 1.54) is 11.8 Å². The third-order valence-corrected chi connectivity index (χ3v) is 7.00. The molecule has 2 aromatic heterocycles. The highest BCUT2D eigenvalue weighted by atomic mass is 32.2. The van der Waals surface area contributed by atoms with Crippen LogP contribution in [0.15, 0.2) is 82.7 Å². The first-order valence-corrected chi connectivity index (χ1v) is 12.2. The molecule has 1 aliphatic heterocycles. The van der Waals surface area contributed by atoms with E-state index in [9.17, 15) is 9.59 Å². The van der Waals surface area contributed by atoms with E-state index in [1.54, 1.807) is 35.8 Å². The summed E-state index contributed by atoms with van der Waals surface area (Å²) in [5.74, 6) is 1.48. The van der Waals surface area contributed by atoms with E-state index in [0.717, 1.165) is 5.56 Å². The Kier molecular flexibility index (Phi) is 5.57. The Morgan fingerprint density at radius 3 is 2.67 bits per heavy atom. The SMILES string of the molecule is CC(Sc1nnc2n(Cc3ccccc3)c(=O)c3ccccc3n12)C(=O)Nc1ccc2c(c1)OCO2. The minimum atomic E-state index is -0.490. The Labute approximate surface area is 209 Å². The van der Waals surface area contributed by atoms with E-state index in [4.69, 9.17) is 9.47 Å². The number of para-hydroxylation sites is 1. The molecule has 0 spiro atoms. The van der Waals surface area contributed by atoms with Crippen LogP contribution in [0, 0.1) is 0 Å². The number of aromatic nitrogens is 4. The van der Waals surface area contributed by atoms with Crippen molar-refractivity contribution in [3.63, 3.8) is 0 Å². The number of carbonyl (C=O) groups excluding carboxylic acids is 1. The van der Waals surface area contributed by atoms with Gasteiger partial charge in [0, 0.05) is 11.8 Å². The second-order valence-corrected chi connectivity index (χ2v) is 9.64. The molecule has 0 saturated heterocycles. The van der Waals surface area contributed by atoms with Gasteiger partial charge in [0.05, 0.1) is 22.7 Å². The molecule has 5 aromatic rings. The van der Waals surface area contributed by atoms with Crippen LogP contribution in [0.2, 0.25) is 0 Å². The highest BCUT2D eigenvalue weighted by Crippen LogP contribution is 2.34. The molecule has 3 aromatic carbocycles. The van der Waals surface area contributed by atoms with Gasteiger partial charge in [-0.15, -0.1) is 10.2 Å². The Hall–Kier alpha value is -4.31. The van der Waals surface area contributed by atoms with E-state index >= 15 is 0 Å². The van der Waals surface area contributed by atoms with Crippen LogP contribution in [0.5, 0.6) is 11.5 Å². The van der Waals surface area contributed by atoms with Crippen LogP contribution >= 0.6 is 11.8 Å². The topological polar surface area (TPSA) is 99.8 Å². The molecule has 1 N–H and O–H groups in total. The van der Waals surface area contributed by atoms with Crippen molar-refractivity contribution in [1.29, 1.82) is 0 Å². The van der Waals surface area contributed by atoms with Gasteiger partial charge in [0.2, 0.25) is 18.5 Å². The van der Waals surface area contributed by atoms with Gasteiger partial charge in [0.1, 0.15) is 0 Å². The van der Waals surface area contributed by atoms with Gasteiger partial charge in [-0.25, -0.2) is 0 Å². The Bertz CT molecular complexity index is 1660. The molecule has 9 nitrogen and oxygen atoms in total. The molecule has 0 radical (unpaired) electrons. The molecule has 0 aliphatic carbocycles. The van der Waals surface area contributed by atoms with Gasteiger partial charge in [0.25, 0.3) is 5.56 Å². The summed E-state index contributed by atoms with van der Waals surface area (Å²) in [5.41, 5.74) is 2.15. The van der Waals surface area contributed by atoms with Crippen LogP contribution < -0.4 is 20.3 Å². The van der Waals surface area contributed by atoms with Gasteiger partial charge in [-0.1, -0.05) is 54.2 Å². The second-order valence-electron chi connectivity index (χ2n) is 8.33. The maximum Gasteiger partial charge on any atom is 0.263 e. The minimum Gasteiger partial charge on any atom is -0.454 e. The number of benzene rings is 3. The molecular formula is C26H21N5O4S. The predicted octanol–water partition coefficient (Wildman–Crippen LogP) is 3.94. The molecule has 1 aliphatic rings. The fraction of sp³-hybridized carbons (Fsp3) is 0.154. The lowest BCUT2D eigenvalue weighted by molar-refractivity contribution is -0.115. The number of carbonyl (C=O) groups is 1. The summed E-state index contributed by atoms with van der Waals surface area (Å²) in [6.45, 7) is 2.33. The summed E-state index contributed by atoms with van der Waals surface area (Å²) in [7, 11) is 0. The van der Waals surface area contributed by atoms with Crippen LogP contribution in [-0.2, 0) is 11.3 Å². The van der Waals surface area contributed by atoms with Crippen molar-refractivity contribution in [2.75, 3.05) is 12.1 Å². The quantitative estimate of drug-likeness (QED) is 0.353. The number of rotatable bonds is 6. The number of amides is 1. The number of anilines is 1. The fourth-order valence-corrected chi connectivity index (χ4v) is 5.00. The van der Waals surface area contributed by atoms with E-state index in [1.807, 2.05) is 52.9 Å². The van der Waals surface area contributed by atoms with Gasteiger partial charge >= 0.3 is 0 Å². The van der Waals surface area contributed by atoms with Crippen LogP contribution in [0.25, 0.3) is 16.7 Å². The van der Waals surface area contributed by atoms with Crippen molar-refractivity contribution in [3.05, 3.63) is 88.7 Å². The summed E-state index contributed by atoms with van der Waals surface area (Å²) >= 11 is 1.27. The molecule has 36 heavy (non-hydrogen) atoms. The zero-order valence-corrected chi connectivity index (χ0v) is 20.1. The van der Waals surface area contributed by atoms with Crippen LogP contribution in [0.4, 0.5) is 5.69 Å². The Morgan fingerprint density at radius 2 is 1.81 bits per heavy atom. The van der Waals surface area contributed by atoms with Gasteiger partial charge in [-0.2, -0.15) is 0 Å². The van der Waals surface area contributed by atoms with E-state index < -0.39 is 5.25 Å². The van der Waals surface area contributed by atoms with E-state index in [-0.39, 0.29) is 18.3 Å². The molecule has 0 fully saturated rings. The summed E-state index contributed by atoms with van der Waals surface area (Å²) in [5, 5.41) is 12.2. The summed E-state index contributed by atoms with van der Waals surface area (Å²) in [6, 6.07) is 22.4. The molecule has 10 heteroatoms. The van der Waals surface area contributed by atoms with Crippen molar-refractivity contribution in [3.8, 4) is 11.5 Å². The predicted molar refractivity (Wildman–Crippen MR) is 137 cm³/mol. The largest absolute Gasteiger partial charge is 0.454 e. The van der Waals surface area contributed by atoms with Gasteiger partial charge in [0.15, 0.2) is 16.7 Å². The first kappa shape index (κ1) is 22.2. The van der Waals surface area contributed by atoms with E-state index in [0.29, 0.717) is 45.6 Å². The zero-order chi connectivity index (χ0) is 24.6. The fourth-order valence-electron chi connectivity index (χ4n) is 4.15. The molecular weight excluding hydrogens is 478 g/mol.